The molecule has 1 saturated carbocycles. The van der Waals surface area contributed by atoms with E-state index in [9.17, 15) is 9.90 Å². The number of aliphatic imine (C=N–C) groups is 1. The number of hydrogen-bond donors (Lipinski definition) is 1. The Hall–Kier alpha value is -1.84. The first-order chi connectivity index (χ1) is 10.1. The van der Waals surface area contributed by atoms with Crippen LogP contribution in [0.15, 0.2) is 29.3 Å². The molecule has 1 unspecified atom stereocenters. The number of carboxylic acid groups (broad SMARTS) is 1. The molecule has 112 valence electrons. The average Bonchev–Trinajstić information content (AvgIpc) is 2.94. The molecule has 1 aromatic carbocycles. The van der Waals surface area contributed by atoms with E-state index < -0.39 is 11.4 Å². The van der Waals surface area contributed by atoms with E-state index in [1.165, 1.54) is 0 Å². The molecule has 1 fully saturated rings. The van der Waals surface area contributed by atoms with Crippen molar-refractivity contribution < 1.29 is 14.6 Å². The zero-order valence-electron chi connectivity index (χ0n) is 12.3. The highest BCUT2D eigenvalue weighted by molar-refractivity contribution is 5.95. The molecular formula is C17H21NO3. The van der Waals surface area contributed by atoms with Crippen LogP contribution in [0.3, 0.4) is 0 Å². The number of hydrogen-bond acceptors (Lipinski definition) is 3. The highest BCUT2D eigenvalue weighted by Crippen LogP contribution is 2.39. The maximum Gasteiger partial charge on any atom is 0.314 e. The normalized spacial score (nSPS) is 24.2. The molecule has 0 bridgehead atoms. The third-order valence-electron chi connectivity index (χ3n) is 4.60. The Kier molecular flexibility index (Phi) is 3.70. The third kappa shape index (κ3) is 2.55. The van der Waals surface area contributed by atoms with E-state index in [1.54, 1.807) is 0 Å². The molecule has 4 nitrogen and oxygen atoms in total. The van der Waals surface area contributed by atoms with Crippen molar-refractivity contribution in [1.82, 2.24) is 0 Å². The van der Waals surface area contributed by atoms with Gasteiger partial charge in [0.15, 0.2) is 0 Å². The molecule has 0 spiro atoms. The molecule has 0 saturated heterocycles. The maximum absolute atomic E-state index is 11.8. The van der Waals surface area contributed by atoms with Crippen molar-refractivity contribution in [3.8, 4) is 0 Å². The van der Waals surface area contributed by atoms with Crippen LogP contribution in [0.2, 0.25) is 0 Å². The standard InChI is InChI=1S/C17H21NO3/c1-12-11-21-15(18-12)13-5-7-14(8-6-13)17(16(19)20)9-3-2-4-10-17/h5-8,12H,2-4,9-11H2,1H3,(H,19,20). The molecule has 0 radical (unpaired) electrons. The molecule has 1 aliphatic carbocycles. The molecule has 0 amide bonds. The number of benzene rings is 1. The van der Waals surface area contributed by atoms with Crippen LogP contribution in [-0.4, -0.2) is 29.6 Å². The molecule has 1 atom stereocenters. The van der Waals surface area contributed by atoms with E-state index >= 15 is 0 Å². The summed E-state index contributed by atoms with van der Waals surface area (Å²) in [6, 6.07) is 7.94. The lowest BCUT2D eigenvalue weighted by atomic mass is 9.69. The second-order valence-corrected chi connectivity index (χ2v) is 6.12. The predicted octanol–water partition coefficient (Wildman–Crippen LogP) is 3.14. The fraction of sp³-hybridized carbons (Fsp3) is 0.529. The SMILES string of the molecule is CC1COC(c2ccc(C3(C(=O)O)CCCCC3)cc2)=N1. The van der Waals surface area contributed by atoms with Gasteiger partial charge < -0.3 is 9.84 Å². The van der Waals surface area contributed by atoms with Crippen molar-refractivity contribution in [2.24, 2.45) is 4.99 Å². The van der Waals surface area contributed by atoms with Crippen LogP contribution in [0.5, 0.6) is 0 Å². The average molecular weight is 287 g/mol. The molecule has 1 aliphatic heterocycles. The molecule has 1 N–H and O–H groups in total. The van der Waals surface area contributed by atoms with Gasteiger partial charge in [-0.15, -0.1) is 0 Å². The minimum Gasteiger partial charge on any atom is -0.481 e. The molecule has 1 aromatic rings. The third-order valence-corrected chi connectivity index (χ3v) is 4.60. The lowest BCUT2D eigenvalue weighted by Crippen LogP contribution is -2.37. The van der Waals surface area contributed by atoms with E-state index in [0.717, 1.165) is 43.2 Å². The highest BCUT2D eigenvalue weighted by Gasteiger charge is 2.41. The largest absolute Gasteiger partial charge is 0.481 e. The Balaban J connectivity index is 1.89. The van der Waals surface area contributed by atoms with Crippen molar-refractivity contribution in [2.75, 3.05) is 6.61 Å². The van der Waals surface area contributed by atoms with Gasteiger partial charge in [0.1, 0.15) is 6.61 Å². The number of rotatable bonds is 3. The Morgan fingerprint density at radius 3 is 2.43 bits per heavy atom. The second kappa shape index (κ2) is 5.51. The quantitative estimate of drug-likeness (QED) is 0.929. The fourth-order valence-corrected chi connectivity index (χ4v) is 3.35. The van der Waals surface area contributed by atoms with Gasteiger partial charge in [-0.05, 0) is 37.5 Å². The summed E-state index contributed by atoms with van der Waals surface area (Å²) in [6.07, 6.45) is 4.57. The van der Waals surface area contributed by atoms with Crippen LogP contribution in [0.25, 0.3) is 0 Å². The first-order valence-electron chi connectivity index (χ1n) is 7.67. The van der Waals surface area contributed by atoms with E-state index in [-0.39, 0.29) is 6.04 Å². The maximum atomic E-state index is 11.8. The van der Waals surface area contributed by atoms with Crippen molar-refractivity contribution in [3.05, 3.63) is 35.4 Å². The molecule has 1 heterocycles. The van der Waals surface area contributed by atoms with E-state index in [4.69, 9.17) is 4.74 Å². The topological polar surface area (TPSA) is 58.9 Å². The van der Waals surface area contributed by atoms with Crippen LogP contribution < -0.4 is 0 Å². The van der Waals surface area contributed by atoms with Crippen molar-refractivity contribution in [1.29, 1.82) is 0 Å². The van der Waals surface area contributed by atoms with Gasteiger partial charge >= 0.3 is 5.97 Å². The Morgan fingerprint density at radius 2 is 1.90 bits per heavy atom. The van der Waals surface area contributed by atoms with Crippen LogP contribution in [0.4, 0.5) is 0 Å². The monoisotopic (exact) mass is 287 g/mol. The summed E-state index contributed by atoms with van der Waals surface area (Å²) in [6.45, 7) is 2.64. The van der Waals surface area contributed by atoms with E-state index in [2.05, 4.69) is 4.99 Å². The summed E-state index contributed by atoms with van der Waals surface area (Å²) in [5.74, 6) is -0.0277. The number of ether oxygens (including phenoxy) is 1. The zero-order valence-corrected chi connectivity index (χ0v) is 12.3. The molecular weight excluding hydrogens is 266 g/mol. The summed E-state index contributed by atoms with van der Waals surface area (Å²) in [7, 11) is 0. The number of carboxylic acids is 1. The summed E-state index contributed by atoms with van der Waals surface area (Å²) in [5, 5.41) is 9.71. The Bertz CT molecular complexity index is 556. The molecule has 21 heavy (non-hydrogen) atoms. The lowest BCUT2D eigenvalue weighted by Gasteiger charge is -2.33. The zero-order chi connectivity index (χ0) is 14.9. The van der Waals surface area contributed by atoms with Gasteiger partial charge in [0.25, 0.3) is 0 Å². The van der Waals surface area contributed by atoms with Crippen LogP contribution in [-0.2, 0) is 14.9 Å². The van der Waals surface area contributed by atoms with Gasteiger partial charge in [-0.25, -0.2) is 4.99 Å². The minimum absolute atomic E-state index is 0.198. The molecule has 2 aliphatic rings. The Labute approximate surface area is 124 Å². The first-order valence-corrected chi connectivity index (χ1v) is 7.67. The Morgan fingerprint density at radius 1 is 1.24 bits per heavy atom. The van der Waals surface area contributed by atoms with Crippen molar-refractivity contribution in [2.45, 2.75) is 50.5 Å². The van der Waals surface area contributed by atoms with Gasteiger partial charge in [0.05, 0.1) is 11.5 Å². The molecule has 3 rings (SSSR count). The smallest absolute Gasteiger partial charge is 0.314 e. The number of carbonyl (C=O) groups is 1. The van der Waals surface area contributed by atoms with Gasteiger partial charge in [-0.2, -0.15) is 0 Å². The molecule has 0 aromatic heterocycles. The van der Waals surface area contributed by atoms with Gasteiger partial charge in [0, 0.05) is 5.56 Å². The summed E-state index contributed by atoms with van der Waals surface area (Å²) >= 11 is 0. The first kappa shape index (κ1) is 14.1. The predicted molar refractivity (Wildman–Crippen MR) is 80.8 cm³/mol. The van der Waals surface area contributed by atoms with Gasteiger partial charge in [0.2, 0.25) is 5.90 Å². The van der Waals surface area contributed by atoms with E-state index in [0.29, 0.717) is 12.5 Å². The lowest BCUT2D eigenvalue weighted by molar-refractivity contribution is -0.145. The van der Waals surface area contributed by atoms with E-state index in [1.807, 2.05) is 31.2 Å². The van der Waals surface area contributed by atoms with Gasteiger partial charge in [-0.3, -0.25) is 4.79 Å². The van der Waals surface area contributed by atoms with Crippen LogP contribution >= 0.6 is 0 Å². The van der Waals surface area contributed by atoms with Crippen LogP contribution in [0, 0.1) is 0 Å². The fourth-order valence-electron chi connectivity index (χ4n) is 3.35. The summed E-state index contributed by atoms with van der Waals surface area (Å²) in [5.41, 5.74) is 1.13. The number of aliphatic carboxylic acids is 1. The second-order valence-electron chi connectivity index (χ2n) is 6.12. The summed E-state index contributed by atoms with van der Waals surface area (Å²) < 4.78 is 5.54. The number of nitrogens with zero attached hydrogens (tertiary/aromatic N) is 1. The summed E-state index contributed by atoms with van der Waals surface area (Å²) in [4.78, 5) is 16.2. The molecule has 4 heteroatoms. The van der Waals surface area contributed by atoms with Crippen molar-refractivity contribution >= 4 is 11.9 Å². The highest BCUT2D eigenvalue weighted by atomic mass is 16.5. The minimum atomic E-state index is -0.706. The van der Waals surface area contributed by atoms with Crippen LogP contribution in [0.1, 0.15) is 50.2 Å². The van der Waals surface area contributed by atoms with Gasteiger partial charge in [-0.1, -0.05) is 31.4 Å². The van der Waals surface area contributed by atoms with Crippen molar-refractivity contribution in [3.63, 3.8) is 0 Å².